The lowest BCUT2D eigenvalue weighted by atomic mass is 10.1. The number of benzene rings is 2. The molecule has 0 fully saturated rings. The van der Waals surface area contributed by atoms with Crippen LogP contribution in [0.15, 0.2) is 72.9 Å². The molecule has 2 aromatic carbocycles. The Morgan fingerprint density at radius 3 is 2.39 bits per heavy atom. The van der Waals surface area contributed by atoms with E-state index < -0.39 is 0 Å². The molecule has 0 bridgehead atoms. The van der Waals surface area contributed by atoms with E-state index >= 15 is 0 Å². The molecule has 0 spiro atoms. The molecule has 0 amide bonds. The summed E-state index contributed by atoms with van der Waals surface area (Å²) in [7, 11) is 1.39. The van der Waals surface area contributed by atoms with Crippen LogP contribution in [0, 0.1) is 6.92 Å². The van der Waals surface area contributed by atoms with E-state index in [4.69, 9.17) is 0 Å². The van der Waals surface area contributed by atoms with Crippen molar-refractivity contribution in [1.29, 1.82) is 0 Å². The van der Waals surface area contributed by atoms with Crippen LogP contribution < -0.4 is 0 Å². The molecular formula is C24H23NO3. The number of carbonyl (C=O) groups is 2. The molecule has 1 aromatic heterocycles. The van der Waals surface area contributed by atoms with Crippen LogP contribution in [0.1, 0.15) is 32.7 Å². The van der Waals surface area contributed by atoms with Gasteiger partial charge in [0.05, 0.1) is 19.2 Å². The first-order valence-corrected chi connectivity index (χ1v) is 9.15. The van der Waals surface area contributed by atoms with Crippen LogP contribution >= 0.6 is 0 Å². The molecule has 0 aliphatic rings. The Morgan fingerprint density at radius 1 is 1.00 bits per heavy atom. The number of esters is 1. The minimum atomic E-state index is -0.248. The lowest BCUT2D eigenvalue weighted by molar-refractivity contribution is -0.139. The molecule has 3 rings (SSSR count). The molecule has 0 radical (unpaired) electrons. The number of allylic oxidation sites excluding steroid dienone is 1. The molecule has 0 unspecified atom stereocenters. The van der Waals surface area contributed by atoms with Gasteiger partial charge >= 0.3 is 5.97 Å². The van der Waals surface area contributed by atoms with E-state index in [0.717, 1.165) is 16.7 Å². The lowest BCUT2D eigenvalue weighted by Gasteiger charge is -2.06. The smallest absolute Gasteiger partial charge is 0.309 e. The summed E-state index contributed by atoms with van der Waals surface area (Å²) < 4.78 is 6.61. The van der Waals surface area contributed by atoms with Crippen LogP contribution in [-0.2, 0) is 22.5 Å². The van der Waals surface area contributed by atoms with Crippen molar-refractivity contribution in [2.45, 2.75) is 19.9 Å². The maximum absolute atomic E-state index is 12.7. The molecule has 0 N–H and O–H groups in total. The first-order valence-electron chi connectivity index (χ1n) is 9.15. The van der Waals surface area contributed by atoms with Gasteiger partial charge in [0.15, 0.2) is 0 Å². The minimum Gasteiger partial charge on any atom is -0.469 e. The Morgan fingerprint density at radius 2 is 1.71 bits per heavy atom. The highest BCUT2D eigenvalue weighted by molar-refractivity contribution is 6.08. The van der Waals surface area contributed by atoms with Crippen molar-refractivity contribution < 1.29 is 14.3 Å². The molecule has 0 atom stereocenters. The fourth-order valence-electron chi connectivity index (χ4n) is 2.92. The maximum atomic E-state index is 12.7. The molecule has 0 saturated heterocycles. The largest absolute Gasteiger partial charge is 0.469 e. The van der Waals surface area contributed by atoms with E-state index in [2.05, 4.69) is 4.74 Å². The van der Waals surface area contributed by atoms with E-state index in [1.165, 1.54) is 7.11 Å². The van der Waals surface area contributed by atoms with E-state index in [1.807, 2.05) is 90.5 Å². The van der Waals surface area contributed by atoms with Crippen molar-refractivity contribution in [1.82, 2.24) is 4.57 Å². The summed E-state index contributed by atoms with van der Waals surface area (Å²) in [6.45, 7) is 2.60. The highest BCUT2D eigenvalue weighted by Gasteiger charge is 2.12. The van der Waals surface area contributed by atoms with Gasteiger partial charge in [0.2, 0.25) is 5.78 Å². The second-order valence-corrected chi connectivity index (χ2v) is 6.64. The highest BCUT2D eigenvalue weighted by atomic mass is 16.5. The van der Waals surface area contributed by atoms with E-state index in [0.29, 0.717) is 17.8 Å². The van der Waals surface area contributed by atoms with Gasteiger partial charge in [-0.05, 0) is 30.2 Å². The fraction of sp³-hybridized carbons (Fsp3) is 0.167. The maximum Gasteiger partial charge on any atom is 0.309 e. The first kappa shape index (κ1) is 19.4. The molecule has 3 aromatic rings. The van der Waals surface area contributed by atoms with Crippen LogP contribution in [0.2, 0.25) is 0 Å². The average Bonchev–Trinajstić information content (AvgIpc) is 3.18. The fourth-order valence-corrected chi connectivity index (χ4v) is 2.92. The number of rotatable bonds is 7. The summed E-state index contributed by atoms with van der Waals surface area (Å²) in [4.78, 5) is 24.0. The SMILES string of the molecule is COC(=O)Cc1ccc(/C=C/Cn2cccc2C(=O)c2ccc(C)cc2)cc1. The zero-order valence-corrected chi connectivity index (χ0v) is 16.1. The predicted molar refractivity (Wildman–Crippen MR) is 110 cm³/mol. The van der Waals surface area contributed by atoms with Crippen molar-refractivity contribution in [2.75, 3.05) is 7.11 Å². The van der Waals surface area contributed by atoms with Gasteiger partial charge in [-0.25, -0.2) is 0 Å². The van der Waals surface area contributed by atoms with Gasteiger partial charge in [0.25, 0.3) is 0 Å². The van der Waals surface area contributed by atoms with Gasteiger partial charge in [-0.2, -0.15) is 0 Å². The standard InChI is InChI=1S/C24H23NO3/c1-18-7-13-21(14-8-18)24(27)22-6-4-16-25(22)15-3-5-19-9-11-20(12-10-19)17-23(26)28-2/h3-14,16H,15,17H2,1-2H3/b5-3+. The second kappa shape index (κ2) is 9.00. The molecule has 4 heteroatoms. The molecule has 4 nitrogen and oxygen atoms in total. The average molecular weight is 373 g/mol. The normalized spacial score (nSPS) is 10.9. The molecule has 0 saturated carbocycles. The molecule has 28 heavy (non-hydrogen) atoms. The molecule has 142 valence electrons. The van der Waals surface area contributed by atoms with Gasteiger partial charge in [-0.15, -0.1) is 0 Å². The predicted octanol–water partition coefficient (Wildman–Crippen LogP) is 4.46. The van der Waals surface area contributed by atoms with Crippen molar-refractivity contribution in [3.63, 3.8) is 0 Å². The number of ketones is 1. The van der Waals surface area contributed by atoms with Crippen molar-refractivity contribution in [2.24, 2.45) is 0 Å². The molecular weight excluding hydrogens is 350 g/mol. The van der Waals surface area contributed by atoms with Crippen molar-refractivity contribution in [3.8, 4) is 0 Å². The highest BCUT2D eigenvalue weighted by Crippen LogP contribution is 2.13. The third-order valence-corrected chi connectivity index (χ3v) is 4.54. The van der Waals surface area contributed by atoms with Gasteiger partial charge in [-0.3, -0.25) is 9.59 Å². The minimum absolute atomic E-state index is 0.0190. The van der Waals surface area contributed by atoms with E-state index in [-0.39, 0.29) is 18.2 Å². The van der Waals surface area contributed by atoms with Gasteiger partial charge in [0, 0.05) is 18.3 Å². The van der Waals surface area contributed by atoms with E-state index in [1.54, 1.807) is 0 Å². The van der Waals surface area contributed by atoms with Crippen molar-refractivity contribution in [3.05, 3.63) is 101 Å². The van der Waals surface area contributed by atoms with Gasteiger partial charge in [-0.1, -0.05) is 66.2 Å². The van der Waals surface area contributed by atoms with Gasteiger partial charge < -0.3 is 9.30 Å². The zero-order valence-electron chi connectivity index (χ0n) is 16.1. The number of aromatic nitrogens is 1. The number of ether oxygens (including phenoxy) is 1. The summed E-state index contributed by atoms with van der Waals surface area (Å²) >= 11 is 0. The number of hydrogen-bond donors (Lipinski definition) is 0. The van der Waals surface area contributed by atoms with Crippen molar-refractivity contribution >= 4 is 17.8 Å². The number of methoxy groups -OCH3 is 1. The Kier molecular flexibility index (Phi) is 6.22. The second-order valence-electron chi connectivity index (χ2n) is 6.64. The monoisotopic (exact) mass is 373 g/mol. The number of aryl methyl sites for hydroxylation is 1. The third-order valence-electron chi connectivity index (χ3n) is 4.54. The van der Waals surface area contributed by atoms with Crippen LogP contribution in [0.5, 0.6) is 0 Å². The molecule has 0 aliphatic heterocycles. The summed E-state index contributed by atoms with van der Waals surface area (Å²) in [6.07, 6.45) is 6.20. The van der Waals surface area contributed by atoms with Crippen LogP contribution in [0.25, 0.3) is 6.08 Å². The number of nitrogens with zero attached hydrogens (tertiary/aromatic N) is 1. The Labute approximate surface area is 165 Å². The Bertz CT molecular complexity index is 979. The summed E-state index contributed by atoms with van der Waals surface area (Å²) in [5, 5.41) is 0. The number of hydrogen-bond acceptors (Lipinski definition) is 3. The topological polar surface area (TPSA) is 48.3 Å². The zero-order chi connectivity index (χ0) is 19.9. The molecule has 1 heterocycles. The third kappa shape index (κ3) is 4.86. The summed E-state index contributed by atoms with van der Waals surface area (Å²) in [5.74, 6) is -0.229. The quantitative estimate of drug-likeness (QED) is 0.454. The van der Waals surface area contributed by atoms with Crippen LogP contribution in [0.4, 0.5) is 0 Å². The summed E-state index contributed by atoms with van der Waals surface area (Å²) in [6, 6.07) is 19.1. The Hall–Kier alpha value is -3.40. The first-order chi connectivity index (χ1) is 13.6. The summed E-state index contributed by atoms with van der Waals surface area (Å²) in [5.41, 5.74) is 4.44. The van der Waals surface area contributed by atoms with Crippen LogP contribution in [0.3, 0.4) is 0 Å². The number of carbonyl (C=O) groups excluding carboxylic acids is 2. The molecule has 0 aliphatic carbocycles. The van der Waals surface area contributed by atoms with E-state index in [9.17, 15) is 9.59 Å². The van der Waals surface area contributed by atoms with Crippen LogP contribution in [-0.4, -0.2) is 23.4 Å². The lowest BCUT2D eigenvalue weighted by Crippen LogP contribution is -2.09. The van der Waals surface area contributed by atoms with Gasteiger partial charge in [0.1, 0.15) is 0 Å². The Balaban J connectivity index is 1.65.